The standard InChI is InChI=1S/C15H24N2O2S/c1-12(2)17-20(18,19)15-8-6-14(7-9-15)16-11-10-13-4-3-5-13/h6-9,12-13,16-17H,3-5,10-11H2,1-2H3. The maximum Gasteiger partial charge on any atom is 0.240 e. The smallest absolute Gasteiger partial charge is 0.240 e. The molecule has 4 nitrogen and oxygen atoms in total. The van der Waals surface area contributed by atoms with Crippen LogP contribution in [-0.4, -0.2) is 21.0 Å². The Balaban J connectivity index is 1.88. The van der Waals surface area contributed by atoms with Crippen LogP contribution in [0.3, 0.4) is 0 Å². The summed E-state index contributed by atoms with van der Waals surface area (Å²) in [4.78, 5) is 0.316. The van der Waals surface area contributed by atoms with Crippen LogP contribution < -0.4 is 10.0 Å². The van der Waals surface area contributed by atoms with Gasteiger partial charge in [0, 0.05) is 18.3 Å². The summed E-state index contributed by atoms with van der Waals surface area (Å²) in [6, 6.07) is 6.86. The Bertz CT molecular complexity index is 519. The van der Waals surface area contributed by atoms with Crippen LogP contribution in [-0.2, 0) is 10.0 Å². The van der Waals surface area contributed by atoms with E-state index in [0.29, 0.717) is 4.90 Å². The van der Waals surface area contributed by atoms with Crippen molar-refractivity contribution in [3.05, 3.63) is 24.3 Å². The van der Waals surface area contributed by atoms with Gasteiger partial charge in [0.25, 0.3) is 0 Å². The van der Waals surface area contributed by atoms with Crippen molar-refractivity contribution in [1.29, 1.82) is 0 Å². The summed E-state index contributed by atoms with van der Waals surface area (Å²) in [5, 5.41) is 3.35. The van der Waals surface area contributed by atoms with Gasteiger partial charge in [0.2, 0.25) is 10.0 Å². The lowest BCUT2D eigenvalue weighted by atomic mass is 9.83. The van der Waals surface area contributed by atoms with Crippen molar-refractivity contribution in [2.24, 2.45) is 5.92 Å². The number of hydrogen-bond acceptors (Lipinski definition) is 3. The zero-order chi connectivity index (χ0) is 14.6. The molecular weight excluding hydrogens is 272 g/mol. The van der Waals surface area contributed by atoms with Crippen molar-refractivity contribution < 1.29 is 8.42 Å². The van der Waals surface area contributed by atoms with Gasteiger partial charge < -0.3 is 5.32 Å². The molecule has 1 fully saturated rings. The van der Waals surface area contributed by atoms with E-state index in [1.165, 1.54) is 25.7 Å². The highest BCUT2D eigenvalue weighted by Crippen LogP contribution is 2.29. The first-order chi connectivity index (χ1) is 9.47. The normalized spacial score (nSPS) is 16.1. The third-order valence-electron chi connectivity index (χ3n) is 3.66. The molecule has 0 heterocycles. The first kappa shape index (κ1) is 15.3. The van der Waals surface area contributed by atoms with Crippen LogP contribution in [0.25, 0.3) is 0 Å². The number of hydrogen-bond donors (Lipinski definition) is 2. The lowest BCUT2D eigenvalue weighted by Gasteiger charge is -2.25. The molecule has 2 N–H and O–H groups in total. The minimum atomic E-state index is -3.38. The molecule has 0 spiro atoms. The van der Waals surface area contributed by atoms with E-state index in [0.717, 1.165) is 18.2 Å². The molecule has 1 aliphatic rings. The Morgan fingerprint density at radius 3 is 2.35 bits per heavy atom. The summed E-state index contributed by atoms with van der Waals surface area (Å²) in [5.41, 5.74) is 0.979. The Hall–Kier alpha value is -1.07. The Morgan fingerprint density at radius 1 is 1.20 bits per heavy atom. The molecular formula is C15H24N2O2S. The average molecular weight is 296 g/mol. The zero-order valence-electron chi connectivity index (χ0n) is 12.2. The molecule has 0 amide bonds. The van der Waals surface area contributed by atoms with E-state index in [4.69, 9.17) is 0 Å². The van der Waals surface area contributed by atoms with Gasteiger partial charge >= 0.3 is 0 Å². The number of sulfonamides is 1. The average Bonchev–Trinajstić information content (AvgIpc) is 2.31. The maximum atomic E-state index is 12.0. The molecule has 0 aliphatic heterocycles. The molecule has 20 heavy (non-hydrogen) atoms. The molecule has 0 atom stereocenters. The predicted molar refractivity (Wildman–Crippen MR) is 82.3 cm³/mol. The number of anilines is 1. The predicted octanol–water partition coefficient (Wildman–Crippen LogP) is 2.98. The molecule has 2 rings (SSSR count). The van der Waals surface area contributed by atoms with E-state index in [-0.39, 0.29) is 6.04 Å². The van der Waals surface area contributed by atoms with Gasteiger partial charge in [0.15, 0.2) is 0 Å². The minimum Gasteiger partial charge on any atom is -0.385 e. The topological polar surface area (TPSA) is 58.2 Å². The largest absolute Gasteiger partial charge is 0.385 e. The van der Waals surface area contributed by atoms with Gasteiger partial charge in [0.1, 0.15) is 0 Å². The van der Waals surface area contributed by atoms with Gasteiger partial charge in [-0.25, -0.2) is 13.1 Å². The van der Waals surface area contributed by atoms with Crippen LogP contribution in [0.5, 0.6) is 0 Å². The van der Waals surface area contributed by atoms with Crippen molar-refractivity contribution in [1.82, 2.24) is 4.72 Å². The Morgan fingerprint density at radius 2 is 1.85 bits per heavy atom. The summed E-state index contributed by atoms with van der Waals surface area (Å²) in [5.74, 6) is 0.886. The molecule has 0 aromatic heterocycles. The fourth-order valence-electron chi connectivity index (χ4n) is 2.33. The van der Waals surface area contributed by atoms with Crippen molar-refractivity contribution in [3.8, 4) is 0 Å². The van der Waals surface area contributed by atoms with Crippen LogP contribution >= 0.6 is 0 Å². The lowest BCUT2D eigenvalue weighted by molar-refractivity contribution is 0.303. The molecule has 1 aromatic carbocycles. The summed E-state index contributed by atoms with van der Waals surface area (Å²) < 4.78 is 26.5. The van der Waals surface area contributed by atoms with Crippen molar-refractivity contribution >= 4 is 15.7 Å². The maximum absolute atomic E-state index is 12.0. The van der Waals surface area contributed by atoms with E-state index >= 15 is 0 Å². The monoisotopic (exact) mass is 296 g/mol. The quantitative estimate of drug-likeness (QED) is 0.813. The van der Waals surface area contributed by atoms with Crippen molar-refractivity contribution in [3.63, 3.8) is 0 Å². The third kappa shape index (κ3) is 4.21. The lowest BCUT2D eigenvalue weighted by Crippen LogP contribution is -2.30. The molecule has 0 radical (unpaired) electrons. The highest BCUT2D eigenvalue weighted by atomic mass is 32.2. The summed E-state index contributed by atoms with van der Waals surface area (Å²) >= 11 is 0. The van der Waals surface area contributed by atoms with Gasteiger partial charge in [0.05, 0.1) is 4.90 Å². The van der Waals surface area contributed by atoms with Gasteiger partial charge in [-0.05, 0) is 50.5 Å². The molecule has 0 bridgehead atoms. The first-order valence-electron chi connectivity index (χ1n) is 7.33. The van der Waals surface area contributed by atoms with Crippen LogP contribution in [0.15, 0.2) is 29.2 Å². The minimum absolute atomic E-state index is 0.0970. The van der Waals surface area contributed by atoms with Crippen LogP contribution in [0, 0.1) is 5.92 Å². The molecule has 1 aromatic rings. The first-order valence-corrected chi connectivity index (χ1v) is 8.82. The Labute approximate surface area is 122 Å². The number of nitrogens with one attached hydrogen (secondary N) is 2. The Kier molecular flexibility index (Phi) is 5.05. The van der Waals surface area contributed by atoms with Crippen LogP contribution in [0.1, 0.15) is 39.5 Å². The molecule has 5 heteroatoms. The van der Waals surface area contributed by atoms with Gasteiger partial charge in [-0.15, -0.1) is 0 Å². The molecule has 1 aliphatic carbocycles. The second-order valence-corrected chi connectivity index (χ2v) is 7.53. The van der Waals surface area contributed by atoms with Gasteiger partial charge in [-0.2, -0.15) is 0 Å². The second-order valence-electron chi connectivity index (χ2n) is 5.81. The SMILES string of the molecule is CC(C)NS(=O)(=O)c1ccc(NCCC2CCC2)cc1. The highest BCUT2D eigenvalue weighted by Gasteiger charge is 2.17. The van der Waals surface area contributed by atoms with Crippen molar-refractivity contribution in [2.75, 3.05) is 11.9 Å². The summed E-state index contributed by atoms with van der Waals surface area (Å²) in [6.07, 6.45) is 5.30. The zero-order valence-corrected chi connectivity index (χ0v) is 13.0. The van der Waals surface area contributed by atoms with Gasteiger partial charge in [-0.3, -0.25) is 0 Å². The fraction of sp³-hybridized carbons (Fsp3) is 0.600. The number of benzene rings is 1. The molecule has 0 saturated heterocycles. The third-order valence-corrected chi connectivity index (χ3v) is 5.34. The van der Waals surface area contributed by atoms with E-state index in [1.807, 2.05) is 26.0 Å². The van der Waals surface area contributed by atoms with E-state index < -0.39 is 10.0 Å². The van der Waals surface area contributed by atoms with E-state index in [2.05, 4.69) is 10.0 Å². The second kappa shape index (κ2) is 6.59. The van der Waals surface area contributed by atoms with Crippen LogP contribution in [0.4, 0.5) is 5.69 Å². The highest BCUT2D eigenvalue weighted by molar-refractivity contribution is 7.89. The number of rotatable bonds is 7. The van der Waals surface area contributed by atoms with Crippen molar-refractivity contribution in [2.45, 2.75) is 50.5 Å². The van der Waals surface area contributed by atoms with Gasteiger partial charge in [-0.1, -0.05) is 19.3 Å². The molecule has 112 valence electrons. The summed E-state index contributed by atoms with van der Waals surface area (Å²) in [7, 11) is -3.38. The van der Waals surface area contributed by atoms with E-state index in [9.17, 15) is 8.42 Å². The molecule has 1 saturated carbocycles. The van der Waals surface area contributed by atoms with E-state index in [1.54, 1.807) is 12.1 Å². The fourth-order valence-corrected chi connectivity index (χ4v) is 3.58. The molecule has 0 unspecified atom stereocenters. The summed E-state index contributed by atoms with van der Waals surface area (Å²) in [6.45, 7) is 4.59. The van der Waals surface area contributed by atoms with Crippen LogP contribution in [0.2, 0.25) is 0 Å².